The van der Waals surface area contributed by atoms with Crippen molar-refractivity contribution in [1.82, 2.24) is 25.1 Å². The van der Waals surface area contributed by atoms with E-state index in [1.165, 1.54) is 18.5 Å². The van der Waals surface area contributed by atoms with Gasteiger partial charge in [0.05, 0.1) is 10.2 Å². The minimum atomic E-state index is 0.0642. The van der Waals surface area contributed by atoms with Crippen molar-refractivity contribution in [1.29, 1.82) is 0 Å². The molecule has 1 aliphatic heterocycles. The van der Waals surface area contributed by atoms with Crippen LogP contribution >= 0.6 is 11.3 Å². The third kappa shape index (κ3) is 3.12. The fraction of sp³-hybridized carbons (Fsp3) is 0.524. The lowest BCUT2D eigenvalue weighted by Gasteiger charge is -2.22. The Morgan fingerprint density at radius 3 is 2.80 bits per heavy atom. The summed E-state index contributed by atoms with van der Waals surface area (Å²) >= 11 is 1.63. The second kappa shape index (κ2) is 6.66. The van der Waals surface area contributed by atoms with E-state index in [1.807, 2.05) is 30.2 Å². The van der Waals surface area contributed by atoms with Crippen molar-refractivity contribution in [2.24, 2.45) is 17.8 Å². The number of rotatable bonds is 6. The van der Waals surface area contributed by atoms with Gasteiger partial charge in [-0.25, -0.2) is 4.98 Å². The number of piperidine rings is 1. The molecule has 3 N–H and O–H groups in total. The highest BCUT2D eigenvalue weighted by atomic mass is 32.1. The van der Waals surface area contributed by atoms with Gasteiger partial charge in [-0.15, -0.1) is 11.3 Å². The molecular weight excluding hydrogens is 398 g/mol. The molecule has 9 heteroatoms. The highest BCUT2D eigenvalue weighted by Crippen LogP contribution is 2.47. The fourth-order valence-electron chi connectivity index (χ4n) is 4.57. The van der Waals surface area contributed by atoms with Gasteiger partial charge >= 0.3 is 0 Å². The summed E-state index contributed by atoms with van der Waals surface area (Å²) in [6.07, 6.45) is 2.48. The molecule has 3 aliphatic rings. The zero-order valence-electron chi connectivity index (χ0n) is 17.1. The monoisotopic (exact) mass is 423 g/mol. The van der Waals surface area contributed by atoms with Gasteiger partial charge in [0.2, 0.25) is 11.9 Å². The second-order valence-corrected chi connectivity index (χ2v) is 9.95. The van der Waals surface area contributed by atoms with Crippen molar-refractivity contribution in [3.05, 3.63) is 23.2 Å². The van der Waals surface area contributed by atoms with Crippen LogP contribution in [0.25, 0.3) is 10.2 Å². The Hall–Kier alpha value is -2.68. The molecule has 6 rings (SSSR count). The molecule has 0 aromatic carbocycles. The predicted octanol–water partition coefficient (Wildman–Crippen LogP) is 3.56. The van der Waals surface area contributed by atoms with Crippen molar-refractivity contribution in [3.63, 3.8) is 0 Å². The SMILES string of the molecule is CC(C)C(=O)N1C[C@@H]2C(Nc3nc(Nc4cc(C5CC5)[nH]n4)c4sccc4n3)[C@@H]2C1. The number of hydrogen-bond donors (Lipinski definition) is 3. The molecule has 8 nitrogen and oxygen atoms in total. The first-order chi connectivity index (χ1) is 14.6. The first-order valence-electron chi connectivity index (χ1n) is 10.7. The van der Waals surface area contributed by atoms with Crippen molar-refractivity contribution < 1.29 is 4.79 Å². The van der Waals surface area contributed by atoms with Crippen molar-refractivity contribution in [3.8, 4) is 0 Å². The third-order valence-corrected chi connectivity index (χ3v) is 7.37. The lowest BCUT2D eigenvalue weighted by Crippen LogP contribution is -2.36. The first-order valence-corrected chi connectivity index (χ1v) is 11.6. The molecule has 30 heavy (non-hydrogen) atoms. The molecular formula is C21H25N7OS. The van der Waals surface area contributed by atoms with Crippen LogP contribution in [-0.4, -0.2) is 50.1 Å². The Morgan fingerprint density at radius 2 is 2.07 bits per heavy atom. The lowest BCUT2D eigenvalue weighted by atomic mass is 10.2. The van der Waals surface area contributed by atoms with Crippen LogP contribution in [0.4, 0.5) is 17.6 Å². The Kier molecular flexibility index (Phi) is 4.02. The number of nitrogens with one attached hydrogen (secondary N) is 3. The first kappa shape index (κ1) is 18.1. The van der Waals surface area contributed by atoms with E-state index < -0.39 is 0 Å². The van der Waals surface area contributed by atoms with E-state index in [0.717, 1.165) is 34.9 Å². The number of carbonyl (C=O) groups excluding carboxylic acids is 1. The summed E-state index contributed by atoms with van der Waals surface area (Å²) in [5.74, 6) is 4.17. The van der Waals surface area contributed by atoms with Gasteiger partial charge in [-0.3, -0.25) is 9.89 Å². The van der Waals surface area contributed by atoms with Crippen LogP contribution < -0.4 is 10.6 Å². The number of likely N-dealkylation sites (tertiary alicyclic amines) is 1. The number of anilines is 3. The third-order valence-electron chi connectivity index (χ3n) is 6.46. The van der Waals surface area contributed by atoms with Gasteiger partial charge in [-0.05, 0) is 24.3 Å². The average Bonchev–Trinajstić information content (AvgIpc) is 3.43. The summed E-state index contributed by atoms with van der Waals surface area (Å²) in [6.45, 7) is 5.60. The van der Waals surface area contributed by atoms with Gasteiger partial charge in [-0.2, -0.15) is 10.1 Å². The van der Waals surface area contributed by atoms with E-state index >= 15 is 0 Å². The number of fused-ring (bicyclic) bond motifs is 2. The molecule has 4 heterocycles. The minimum absolute atomic E-state index is 0.0642. The van der Waals surface area contributed by atoms with Crippen LogP contribution in [-0.2, 0) is 4.79 Å². The fourth-order valence-corrected chi connectivity index (χ4v) is 5.35. The number of H-pyrrole nitrogens is 1. The number of aromatic amines is 1. The molecule has 2 aliphatic carbocycles. The molecule has 1 unspecified atom stereocenters. The molecule has 1 saturated heterocycles. The minimum Gasteiger partial charge on any atom is -0.351 e. The highest BCUT2D eigenvalue weighted by molar-refractivity contribution is 7.17. The van der Waals surface area contributed by atoms with E-state index in [9.17, 15) is 4.79 Å². The number of thiophene rings is 1. The van der Waals surface area contributed by atoms with Crippen LogP contribution in [0, 0.1) is 17.8 Å². The van der Waals surface area contributed by atoms with Gasteiger partial charge in [0.25, 0.3) is 0 Å². The van der Waals surface area contributed by atoms with E-state index in [4.69, 9.17) is 9.97 Å². The molecule has 2 saturated carbocycles. The summed E-state index contributed by atoms with van der Waals surface area (Å²) in [7, 11) is 0. The van der Waals surface area contributed by atoms with E-state index in [2.05, 4.69) is 26.9 Å². The topological polar surface area (TPSA) is 98.8 Å². The smallest absolute Gasteiger partial charge is 0.225 e. The molecule has 156 valence electrons. The molecule has 0 spiro atoms. The van der Waals surface area contributed by atoms with E-state index in [1.54, 1.807) is 11.3 Å². The normalized spacial score (nSPS) is 25.0. The van der Waals surface area contributed by atoms with Crippen LogP contribution in [0.3, 0.4) is 0 Å². The molecule has 3 fully saturated rings. The molecule has 1 amide bonds. The zero-order valence-corrected chi connectivity index (χ0v) is 17.9. The van der Waals surface area contributed by atoms with Crippen LogP contribution in [0.5, 0.6) is 0 Å². The van der Waals surface area contributed by atoms with Gasteiger partial charge in [0, 0.05) is 54.6 Å². The number of aromatic nitrogens is 4. The number of nitrogens with zero attached hydrogens (tertiary/aromatic N) is 4. The summed E-state index contributed by atoms with van der Waals surface area (Å²) in [6, 6.07) is 4.45. The Morgan fingerprint density at radius 1 is 1.27 bits per heavy atom. The van der Waals surface area contributed by atoms with Crippen molar-refractivity contribution >= 4 is 45.0 Å². The summed E-state index contributed by atoms with van der Waals surface area (Å²) < 4.78 is 1.03. The Labute approximate surface area is 178 Å². The molecule has 0 radical (unpaired) electrons. The van der Waals surface area contributed by atoms with E-state index in [-0.39, 0.29) is 11.8 Å². The number of carbonyl (C=O) groups is 1. The maximum atomic E-state index is 12.2. The highest BCUT2D eigenvalue weighted by Gasteiger charge is 2.57. The summed E-state index contributed by atoms with van der Waals surface area (Å²) in [5, 5.41) is 16.5. The quantitative estimate of drug-likeness (QED) is 0.561. The molecule has 0 bridgehead atoms. The van der Waals surface area contributed by atoms with Gasteiger partial charge in [0.15, 0.2) is 11.6 Å². The Bertz CT molecular complexity index is 1110. The number of amides is 1. The van der Waals surface area contributed by atoms with Crippen LogP contribution in [0.1, 0.15) is 38.3 Å². The maximum Gasteiger partial charge on any atom is 0.225 e. The lowest BCUT2D eigenvalue weighted by molar-refractivity contribution is -0.133. The average molecular weight is 424 g/mol. The summed E-state index contributed by atoms with van der Waals surface area (Å²) in [4.78, 5) is 23.7. The van der Waals surface area contributed by atoms with E-state index in [0.29, 0.717) is 29.7 Å². The number of hydrogen-bond acceptors (Lipinski definition) is 7. The van der Waals surface area contributed by atoms with Crippen LogP contribution in [0.2, 0.25) is 0 Å². The van der Waals surface area contributed by atoms with Crippen molar-refractivity contribution in [2.45, 2.75) is 38.6 Å². The molecule has 3 aromatic heterocycles. The van der Waals surface area contributed by atoms with Gasteiger partial charge < -0.3 is 15.5 Å². The second-order valence-electron chi connectivity index (χ2n) is 9.03. The predicted molar refractivity (Wildman–Crippen MR) is 117 cm³/mol. The molecule has 3 atom stereocenters. The molecule has 3 aromatic rings. The standard InChI is InChI=1S/C21H25N7OS/c1-10(2)20(29)28-8-12-13(9-28)17(12)24-21-22-14-5-6-30-18(14)19(25-21)23-16-7-15(26-27-16)11-3-4-11/h5-7,10-13,17H,3-4,8-9H2,1-2H3,(H3,22,23,24,25,26,27)/t12-,13+,17?. The Balaban J connectivity index is 1.18. The maximum absolute atomic E-state index is 12.2. The van der Waals surface area contributed by atoms with Gasteiger partial charge in [-0.1, -0.05) is 13.8 Å². The van der Waals surface area contributed by atoms with Gasteiger partial charge in [0.1, 0.15) is 0 Å². The largest absolute Gasteiger partial charge is 0.351 e. The van der Waals surface area contributed by atoms with Crippen LogP contribution in [0.15, 0.2) is 17.5 Å². The summed E-state index contributed by atoms with van der Waals surface area (Å²) in [5.41, 5.74) is 2.12. The zero-order chi connectivity index (χ0) is 20.4. The van der Waals surface area contributed by atoms with Crippen molar-refractivity contribution in [2.75, 3.05) is 23.7 Å².